The van der Waals surface area contributed by atoms with Crippen molar-refractivity contribution in [3.05, 3.63) is 59.4 Å². The predicted molar refractivity (Wildman–Crippen MR) is 89.9 cm³/mol. The van der Waals surface area contributed by atoms with E-state index in [2.05, 4.69) is 15.0 Å². The van der Waals surface area contributed by atoms with Gasteiger partial charge in [0.05, 0.1) is 17.1 Å². The molecule has 2 aromatic rings. The summed E-state index contributed by atoms with van der Waals surface area (Å²) >= 11 is 0. The molecule has 1 aliphatic carbocycles. The highest BCUT2D eigenvalue weighted by Gasteiger charge is 2.28. The van der Waals surface area contributed by atoms with E-state index >= 15 is 0 Å². The number of rotatable bonds is 6. The monoisotopic (exact) mass is 345 g/mol. The van der Waals surface area contributed by atoms with E-state index in [1.807, 2.05) is 25.1 Å². The van der Waals surface area contributed by atoms with Crippen LogP contribution < -0.4 is 10.0 Å². The lowest BCUT2D eigenvalue weighted by Gasteiger charge is -2.08. The largest absolute Gasteiger partial charge is 0.346 e. The van der Waals surface area contributed by atoms with E-state index in [0.29, 0.717) is 5.56 Å². The zero-order chi connectivity index (χ0) is 17.2. The average molecular weight is 345 g/mol. The molecule has 1 aromatic carbocycles. The van der Waals surface area contributed by atoms with Gasteiger partial charge in [-0.05, 0) is 50.1 Å². The van der Waals surface area contributed by atoms with Crippen LogP contribution in [-0.2, 0) is 16.6 Å². The molecular formula is C17H19N3O3S. The number of amides is 1. The Hall–Kier alpha value is -2.25. The second-order valence-electron chi connectivity index (χ2n) is 5.88. The maximum atomic E-state index is 12.3. The van der Waals surface area contributed by atoms with Crippen molar-refractivity contribution in [1.82, 2.24) is 15.0 Å². The second-order valence-corrected chi connectivity index (χ2v) is 7.59. The predicted octanol–water partition coefficient (Wildman–Crippen LogP) is 1.76. The van der Waals surface area contributed by atoms with Gasteiger partial charge in [0.1, 0.15) is 0 Å². The van der Waals surface area contributed by atoms with E-state index in [4.69, 9.17) is 0 Å². The van der Waals surface area contributed by atoms with Crippen LogP contribution in [0, 0.1) is 6.92 Å². The van der Waals surface area contributed by atoms with Crippen molar-refractivity contribution in [2.75, 3.05) is 0 Å². The van der Waals surface area contributed by atoms with Crippen molar-refractivity contribution in [3.63, 3.8) is 0 Å². The third-order valence-electron chi connectivity index (χ3n) is 3.68. The standard InChI is InChI=1S/C17H19N3O3S/c1-12-4-2-6-15(19-12)11-18-17(21)13-5-3-7-16(10-13)24(22,23)20-14-8-9-14/h2-7,10,14,20H,8-9,11H2,1H3,(H,18,21). The molecule has 126 valence electrons. The lowest BCUT2D eigenvalue weighted by molar-refractivity contribution is 0.0950. The summed E-state index contributed by atoms with van der Waals surface area (Å²) in [5.41, 5.74) is 1.94. The highest BCUT2D eigenvalue weighted by atomic mass is 32.2. The van der Waals surface area contributed by atoms with Crippen molar-refractivity contribution in [2.24, 2.45) is 0 Å². The van der Waals surface area contributed by atoms with Crippen molar-refractivity contribution in [2.45, 2.75) is 37.2 Å². The summed E-state index contributed by atoms with van der Waals surface area (Å²) in [6.45, 7) is 2.17. The Morgan fingerprint density at radius 2 is 1.96 bits per heavy atom. The number of hydrogen-bond donors (Lipinski definition) is 2. The molecule has 6 nitrogen and oxygen atoms in total. The van der Waals surface area contributed by atoms with Gasteiger partial charge in [-0.1, -0.05) is 12.1 Å². The third kappa shape index (κ3) is 4.18. The lowest BCUT2D eigenvalue weighted by atomic mass is 10.2. The molecule has 0 unspecified atom stereocenters. The summed E-state index contributed by atoms with van der Waals surface area (Å²) in [6.07, 6.45) is 1.73. The van der Waals surface area contributed by atoms with Gasteiger partial charge in [-0.2, -0.15) is 0 Å². The Bertz CT molecular complexity index is 861. The minimum Gasteiger partial charge on any atom is -0.346 e. The van der Waals surface area contributed by atoms with Crippen LogP contribution in [0.4, 0.5) is 0 Å². The summed E-state index contributed by atoms with van der Waals surface area (Å²) in [5.74, 6) is -0.332. The van der Waals surface area contributed by atoms with Crippen LogP contribution in [0.15, 0.2) is 47.4 Å². The van der Waals surface area contributed by atoms with E-state index in [0.717, 1.165) is 24.2 Å². The summed E-state index contributed by atoms with van der Waals surface area (Å²) in [4.78, 5) is 16.7. The Morgan fingerprint density at radius 3 is 2.67 bits per heavy atom. The fourth-order valence-electron chi connectivity index (χ4n) is 2.26. The van der Waals surface area contributed by atoms with Crippen molar-refractivity contribution in [1.29, 1.82) is 0 Å². The van der Waals surface area contributed by atoms with Gasteiger partial charge in [0.2, 0.25) is 10.0 Å². The molecular weight excluding hydrogens is 326 g/mol. The number of sulfonamides is 1. The van der Waals surface area contributed by atoms with Crippen LogP contribution in [-0.4, -0.2) is 25.4 Å². The zero-order valence-electron chi connectivity index (χ0n) is 13.3. The first-order valence-corrected chi connectivity index (χ1v) is 9.25. The molecule has 1 amide bonds. The minimum atomic E-state index is -3.57. The van der Waals surface area contributed by atoms with Gasteiger partial charge < -0.3 is 5.32 Å². The maximum Gasteiger partial charge on any atom is 0.251 e. The highest BCUT2D eigenvalue weighted by molar-refractivity contribution is 7.89. The van der Waals surface area contributed by atoms with Gasteiger partial charge in [-0.3, -0.25) is 9.78 Å². The molecule has 1 aromatic heterocycles. The molecule has 24 heavy (non-hydrogen) atoms. The molecule has 7 heteroatoms. The van der Waals surface area contributed by atoms with Gasteiger partial charge in [0, 0.05) is 17.3 Å². The second kappa shape index (κ2) is 6.70. The smallest absolute Gasteiger partial charge is 0.251 e. The van der Waals surface area contributed by atoms with E-state index < -0.39 is 10.0 Å². The van der Waals surface area contributed by atoms with Crippen LogP contribution in [0.2, 0.25) is 0 Å². The van der Waals surface area contributed by atoms with Crippen LogP contribution in [0.5, 0.6) is 0 Å². The Kier molecular flexibility index (Phi) is 4.64. The fourth-order valence-corrected chi connectivity index (χ4v) is 3.61. The van der Waals surface area contributed by atoms with Gasteiger partial charge >= 0.3 is 0 Å². The molecule has 1 aliphatic rings. The molecule has 0 radical (unpaired) electrons. The number of hydrogen-bond acceptors (Lipinski definition) is 4. The number of nitrogens with zero attached hydrogens (tertiary/aromatic N) is 1. The number of benzene rings is 1. The molecule has 1 heterocycles. The van der Waals surface area contributed by atoms with E-state index in [1.54, 1.807) is 12.1 Å². The minimum absolute atomic E-state index is 0.0277. The Balaban J connectivity index is 1.70. The quantitative estimate of drug-likeness (QED) is 0.835. The first kappa shape index (κ1) is 16.6. The third-order valence-corrected chi connectivity index (χ3v) is 5.20. The molecule has 3 rings (SSSR count). The maximum absolute atomic E-state index is 12.3. The summed E-state index contributed by atoms with van der Waals surface area (Å²) in [6, 6.07) is 11.7. The Labute approximate surface area is 141 Å². The first-order valence-electron chi connectivity index (χ1n) is 7.77. The lowest BCUT2D eigenvalue weighted by Crippen LogP contribution is -2.27. The molecule has 0 atom stereocenters. The Morgan fingerprint density at radius 1 is 1.21 bits per heavy atom. The van der Waals surface area contributed by atoms with Crippen LogP contribution in [0.3, 0.4) is 0 Å². The number of aryl methyl sites for hydroxylation is 1. The topological polar surface area (TPSA) is 88.2 Å². The molecule has 0 bridgehead atoms. The summed E-state index contributed by atoms with van der Waals surface area (Å²) < 4.78 is 27.1. The van der Waals surface area contributed by atoms with Crippen LogP contribution in [0.1, 0.15) is 34.6 Å². The van der Waals surface area contributed by atoms with Gasteiger partial charge in [0.25, 0.3) is 5.91 Å². The van der Waals surface area contributed by atoms with E-state index in [1.165, 1.54) is 12.1 Å². The molecule has 0 saturated heterocycles. The van der Waals surface area contributed by atoms with Crippen molar-refractivity contribution < 1.29 is 13.2 Å². The van der Waals surface area contributed by atoms with Gasteiger partial charge in [0.15, 0.2) is 0 Å². The molecule has 0 aliphatic heterocycles. The van der Waals surface area contributed by atoms with Gasteiger partial charge in [-0.25, -0.2) is 13.1 Å². The number of aromatic nitrogens is 1. The van der Waals surface area contributed by atoms with Crippen molar-refractivity contribution in [3.8, 4) is 0 Å². The normalized spacial score (nSPS) is 14.4. The fraction of sp³-hybridized carbons (Fsp3) is 0.294. The molecule has 0 spiro atoms. The zero-order valence-corrected chi connectivity index (χ0v) is 14.1. The summed E-state index contributed by atoms with van der Waals surface area (Å²) in [5, 5.41) is 2.76. The van der Waals surface area contributed by atoms with E-state index in [9.17, 15) is 13.2 Å². The average Bonchev–Trinajstić information content (AvgIpc) is 3.36. The first-order chi connectivity index (χ1) is 11.4. The number of carbonyl (C=O) groups excluding carboxylic acids is 1. The van der Waals surface area contributed by atoms with Crippen molar-refractivity contribution >= 4 is 15.9 Å². The van der Waals surface area contributed by atoms with Gasteiger partial charge in [-0.15, -0.1) is 0 Å². The van der Waals surface area contributed by atoms with E-state index in [-0.39, 0.29) is 23.4 Å². The number of carbonyl (C=O) groups is 1. The number of pyridine rings is 1. The van der Waals surface area contributed by atoms with Crippen LogP contribution in [0.25, 0.3) is 0 Å². The SMILES string of the molecule is Cc1cccc(CNC(=O)c2cccc(S(=O)(=O)NC3CC3)c2)n1. The number of nitrogens with one attached hydrogen (secondary N) is 2. The highest BCUT2D eigenvalue weighted by Crippen LogP contribution is 2.22. The molecule has 1 saturated carbocycles. The summed E-state index contributed by atoms with van der Waals surface area (Å²) in [7, 11) is -3.57. The molecule has 2 N–H and O–H groups in total. The van der Waals surface area contributed by atoms with Crippen LogP contribution >= 0.6 is 0 Å². The molecule has 1 fully saturated rings.